The van der Waals surface area contributed by atoms with Crippen molar-refractivity contribution in [2.45, 2.75) is 25.8 Å². The van der Waals surface area contributed by atoms with Crippen LogP contribution < -0.4 is 0 Å². The van der Waals surface area contributed by atoms with Crippen molar-refractivity contribution >= 4 is 5.91 Å². The third-order valence-corrected chi connectivity index (χ3v) is 3.86. The minimum Gasteiger partial charge on any atom is -0.330 e. The third kappa shape index (κ3) is 2.44. The van der Waals surface area contributed by atoms with E-state index < -0.39 is 0 Å². The Morgan fingerprint density at radius 2 is 2.00 bits per heavy atom. The Kier molecular flexibility index (Phi) is 3.50. The summed E-state index contributed by atoms with van der Waals surface area (Å²) >= 11 is 0. The molecule has 0 N–H and O–H groups in total. The molecular weight excluding hydrogens is 248 g/mol. The first-order valence-electron chi connectivity index (χ1n) is 7.04. The van der Waals surface area contributed by atoms with Gasteiger partial charge in [-0.3, -0.25) is 9.78 Å². The number of pyridine rings is 1. The largest absolute Gasteiger partial charge is 0.330 e. The fraction of sp³-hybridized carbons (Fsp3) is 0.294. The first-order valence-corrected chi connectivity index (χ1v) is 7.04. The van der Waals surface area contributed by atoms with Crippen molar-refractivity contribution in [3.63, 3.8) is 0 Å². The average molecular weight is 266 g/mol. The summed E-state index contributed by atoms with van der Waals surface area (Å²) in [4.78, 5) is 18.7. The highest BCUT2D eigenvalue weighted by Gasteiger charge is 2.30. The van der Waals surface area contributed by atoms with E-state index in [-0.39, 0.29) is 11.9 Å². The molecule has 1 amide bonds. The topological polar surface area (TPSA) is 33.2 Å². The fourth-order valence-corrected chi connectivity index (χ4v) is 2.78. The number of amides is 1. The summed E-state index contributed by atoms with van der Waals surface area (Å²) in [5.74, 6) is 0.0358. The molecule has 1 atom stereocenters. The number of aryl methyl sites for hydroxylation is 1. The summed E-state index contributed by atoms with van der Waals surface area (Å²) < 4.78 is 0. The normalized spacial score (nSPS) is 18.2. The quantitative estimate of drug-likeness (QED) is 0.835. The van der Waals surface area contributed by atoms with E-state index in [1.807, 2.05) is 17.0 Å². The van der Waals surface area contributed by atoms with Gasteiger partial charge in [0.1, 0.15) is 5.69 Å². The maximum absolute atomic E-state index is 12.6. The van der Waals surface area contributed by atoms with Crippen molar-refractivity contribution in [3.05, 3.63) is 65.5 Å². The molecule has 2 heterocycles. The second-order valence-electron chi connectivity index (χ2n) is 5.28. The van der Waals surface area contributed by atoms with Gasteiger partial charge in [-0.15, -0.1) is 0 Å². The van der Waals surface area contributed by atoms with E-state index in [4.69, 9.17) is 0 Å². The number of nitrogens with zero attached hydrogens (tertiary/aromatic N) is 2. The molecule has 1 aliphatic rings. The highest BCUT2D eigenvalue weighted by atomic mass is 16.2. The summed E-state index contributed by atoms with van der Waals surface area (Å²) in [5.41, 5.74) is 3.00. The van der Waals surface area contributed by atoms with Crippen LogP contribution in [0.5, 0.6) is 0 Å². The highest BCUT2D eigenvalue weighted by molar-refractivity contribution is 5.92. The summed E-state index contributed by atoms with van der Waals surface area (Å²) in [5, 5.41) is 0. The Balaban J connectivity index is 1.86. The van der Waals surface area contributed by atoms with Crippen LogP contribution in [-0.4, -0.2) is 22.3 Å². The molecule has 0 spiro atoms. The summed E-state index contributed by atoms with van der Waals surface area (Å²) in [6, 6.07) is 14.1. The van der Waals surface area contributed by atoms with Gasteiger partial charge in [-0.05, 0) is 37.5 Å². The van der Waals surface area contributed by atoms with Crippen molar-refractivity contribution in [2.75, 3.05) is 6.54 Å². The van der Waals surface area contributed by atoms with Gasteiger partial charge in [0.25, 0.3) is 5.91 Å². The molecule has 3 rings (SSSR count). The van der Waals surface area contributed by atoms with Crippen LogP contribution >= 0.6 is 0 Å². The Hall–Kier alpha value is -2.16. The minimum atomic E-state index is 0.0358. The minimum absolute atomic E-state index is 0.0358. The van der Waals surface area contributed by atoms with Gasteiger partial charge in [-0.2, -0.15) is 0 Å². The second kappa shape index (κ2) is 5.45. The van der Waals surface area contributed by atoms with Crippen LogP contribution in [0.1, 0.15) is 40.5 Å². The third-order valence-electron chi connectivity index (χ3n) is 3.86. The van der Waals surface area contributed by atoms with E-state index in [2.05, 4.69) is 36.2 Å². The van der Waals surface area contributed by atoms with Crippen molar-refractivity contribution in [1.82, 2.24) is 9.88 Å². The molecule has 3 nitrogen and oxygen atoms in total. The summed E-state index contributed by atoms with van der Waals surface area (Å²) in [7, 11) is 0. The van der Waals surface area contributed by atoms with Crippen LogP contribution in [0.15, 0.2) is 48.7 Å². The molecule has 1 unspecified atom stereocenters. The molecule has 3 heteroatoms. The number of benzene rings is 1. The zero-order valence-corrected chi connectivity index (χ0v) is 11.6. The lowest BCUT2D eigenvalue weighted by molar-refractivity contribution is 0.0729. The van der Waals surface area contributed by atoms with Crippen molar-refractivity contribution in [1.29, 1.82) is 0 Å². The Morgan fingerprint density at radius 1 is 1.20 bits per heavy atom. The molecule has 1 aliphatic heterocycles. The molecule has 0 saturated carbocycles. The summed E-state index contributed by atoms with van der Waals surface area (Å²) in [6.07, 6.45) is 3.75. The predicted molar refractivity (Wildman–Crippen MR) is 78.4 cm³/mol. The van der Waals surface area contributed by atoms with E-state index in [1.165, 1.54) is 11.1 Å². The van der Waals surface area contributed by atoms with Crippen LogP contribution in [0.4, 0.5) is 0 Å². The molecule has 1 fully saturated rings. The zero-order valence-electron chi connectivity index (χ0n) is 11.6. The van der Waals surface area contributed by atoms with Gasteiger partial charge in [-0.25, -0.2) is 0 Å². The molecule has 0 radical (unpaired) electrons. The van der Waals surface area contributed by atoms with Crippen molar-refractivity contribution < 1.29 is 4.79 Å². The van der Waals surface area contributed by atoms with Gasteiger partial charge in [0.05, 0.1) is 6.04 Å². The lowest BCUT2D eigenvalue weighted by atomic mass is 10.0. The first-order chi connectivity index (χ1) is 9.75. The van der Waals surface area contributed by atoms with Gasteiger partial charge in [0.2, 0.25) is 0 Å². The van der Waals surface area contributed by atoms with Crippen LogP contribution in [0.25, 0.3) is 0 Å². The van der Waals surface area contributed by atoms with Gasteiger partial charge in [0, 0.05) is 12.7 Å². The first kappa shape index (κ1) is 12.9. The fourth-order valence-electron chi connectivity index (χ4n) is 2.78. The number of hydrogen-bond acceptors (Lipinski definition) is 2. The SMILES string of the molecule is Cc1ccc(C2CCCN2C(=O)c2ccccn2)cc1. The maximum atomic E-state index is 12.6. The molecule has 1 saturated heterocycles. The Labute approximate surface area is 119 Å². The highest BCUT2D eigenvalue weighted by Crippen LogP contribution is 2.32. The lowest BCUT2D eigenvalue weighted by Gasteiger charge is -2.24. The van der Waals surface area contributed by atoms with Crippen molar-refractivity contribution in [3.8, 4) is 0 Å². The zero-order chi connectivity index (χ0) is 13.9. The van der Waals surface area contributed by atoms with E-state index >= 15 is 0 Å². The molecule has 1 aromatic heterocycles. The molecule has 1 aromatic carbocycles. The Bertz CT molecular complexity index is 592. The summed E-state index contributed by atoms with van der Waals surface area (Å²) in [6.45, 7) is 2.89. The second-order valence-corrected chi connectivity index (χ2v) is 5.28. The van der Waals surface area contributed by atoms with Gasteiger partial charge in [-0.1, -0.05) is 35.9 Å². The van der Waals surface area contributed by atoms with E-state index in [9.17, 15) is 4.79 Å². The monoisotopic (exact) mass is 266 g/mol. The van der Waals surface area contributed by atoms with E-state index in [0.717, 1.165) is 19.4 Å². The number of carbonyl (C=O) groups excluding carboxylic acids is 1. The van der Waals surface area contributed by atoms with Crippen molar-refractivity contribution in [2.24, 2.45) is 0 Å². The van der Waals surface area contributed by atoms with Crippen LogP contribution in [0, 0.1) is 6.92 Å². The van der Waals surface area contributed by atoms with Gasteiger partial charge < -0.3 is 4.90 Å². The molecule has 102 valence electrons. The average Bonchev–Trinajstić information content (AvgIpc) is 2.97. The number of hydrogen-bond donors (Lipinski definition) is 0. The molecule has 0 aliphatic carbocycles. The predicted octanol–water partition coefficient (Wildman–Crippen LogP) is 3.37. The molecule has 20 heavy (non-hydrogen) atoms. The Morgan fingerprint density at radius 3 is 2.70 bits per heavy atom. The number of likely N-dealkylation sites (tertiary alicyclic amines) is 1. The van der Waals surface area contributed by atoms with Crippen LogP contribution in [0.2, 0.25) is 0 Å². The lowest BCUT2D eigenvalue weighted by Crippen LogP contribution is -2.31. The molecular formula is C17H18N2O. The van der Waals surface area contributed by atoms with E-state index in [1.54, 1.807) is 12.3 Å². The number of aromatic nitrogens is 1. The molecule has 2 aromatic rings. The van der Waals surface area contributed by atoms with Crippen LogP contribution in [-0.2, 0) is 0 Å². The van der Waals surface area contributed by atoms with E-state index in [0.29, 0.717) is 5.69 Å². The smallest absolute Gasteiger partial charge is 0.272 e. The molecule has 0 bridgehead atoms. The maximum Gasteiger partial charge on any atom is 0.272 e. The van der Waals surface area contributed by atoms with Gasteiger partial charge in [0.15, 0.2) is 0 Å². The van der Waals surface area contributed by atoms with Gasteiger partial charge >= 0.3 is 0 Å². The van der Waals surface area contributed by atoms with Crippen LogP contribution in [0.3, 0.4) is 0 Å². The number of carbonyl (C=O) groups is 1. The number of rotatable bonds is 2. The standard InChI is InChI=1S/C17H18N2O/c1-13-7-9-14(10-8-13)16-6-4-12-19(16)17(20)15-5-2-3-11-18-15/h2-3,5,7-11,16H,4,6,12H2,1H3.